The van der Waals surface area contributed by atoms with Gasteiger partial charge < -0.3 is 14.8 Å². The Morgan fingerprint density at radius 3 is 2.56 bits per heavy atom. The highest BCUT2D eigenvalue weighted by Crippen LogP contribution is 2.29. The largest absolute Gasteiger partial charge is 0.493 e. The lowest BCUT2D eigenvalue weighted by atomic mass is 10.0. The summed E-state index contributed by atoms with van der Waals surface area (Å²) in [4.78, 5) is 30.7. The van der Waals surface area contributed by atoms with Crippen molar-refractivity contribution in [2.75, 3.05) is 26.1 Å². The molecule has 2 aromatic carbocycles. The van der Waals surface area contributed by atoms with Crippen molar-refractivity contribution in [3.63, 3.8) is 0 Å². The first-order chi connectivity index (χ1) is 16.4. The third kappa shape index (κ3) is 4.94. The second kappa shape index (κ2) is 10.0. The highest BCUT2D eigenvalue weighted by atomic mass is 32.1. The van der Waals surface area contributed by atoms with Crippen LogP contribution < -0.4 is 14.8 Å². The number of methoxy groups -OCH3 is 2. The van der Waals surface area contributed by atoms with E-state index in [1.807, 2.05) is 32.0 Å². The van der Waals surface area contributed by atoms with E-state index in [1.54, 1.807) is 38.5 Å². The topological polar surface area (TPSA) is 93.1 Å². The van der Waals surface area contributed by atoms with Crippen LogP contribution in [-0.2, 0) is 0 Å². The van der Waals surface area contributed by atoms with E-state index in [4.69, 9.17) is 9.47 Å². The number of thiazole rings is 1. The number of ether oxygens (including phenoxy) is 2. The van der Waals surface area contributed by atoms with E-state index in [-0.39, 0.29) is 11.8 Å². The summed E-state index contributed by atoms with van der Waals surface area (Å²) in [7, 11) is 3.18. The van der Waals surface area contributed by atoms with Gasteiger partial charge in [0.15, 0.2) is 11.5 Å². The summed E-state index contributed by atoms with van der Waals surface area (Å²) >= 11 is 1.35. The second-order valence-corrected chi connectivity index (χ2v) is 9.03. The average molecular weight is 479 g/mol. The number of carbonyl (C=O) groups is 2. The summed E-state index contributed by atoms with van der Waals surface area (Å²) < 4.78 is 10.7. The molecule has 0 atom stereocenters. The van der Waals surface area contributed by atoms with Crippen molar-refractivity contribution in [3.8, 4) is 11.5 Å². The molecule has 0 spiro atoms. The van der Waals surface area contributed by atoms with E-state index in [1.165, 1.54) is 16.3 Å². The lowest BCUT2D eigenvalue weighted by molar-refractivity contribution is 0.0751. The molecule has 0 saturated carbocycles. The molecule has 1 aliphatic heterocycles. The van der Waals surface area contributed by atoms with Gasteiger partial charge in [0, 0.05) is 23.4 Å². The molecular formula is C25H26N4O4S. The molecule has 9 heteroatoms. The van der Waals surface area contributed by atoms with Gasteiger partial charge in [0.05, 0.1) is 30.6 Å². The minimum atomic E-state index is -0.237. The number of hydrogen-bond acceptors (Lipinski definition) is 7. The lowest BCUT2D eigenvalue weighted by Gasteiger charge is -2.24. The van der Waals surface area contributed by atoms with E-state index in [0.29, 0.717) is 39.9 Å². The fourth-order valence-corrected chi connectivity index (χ4v) is 4.63. The number of aryl methyl sites for hydroxylation is 2. The van der Waals surface area contributed by atoms with Gasteiger partial charge in [0.25, 0.3) is 11.8 Å². The molecule has 1 aliphatic rings. The first-order valence-electron chi connectivity index (χ1n) is 10.9. The van der Waals surface area contributed by atoms with Crippen molar-refractivity contribution in [1.82, 2.24) is 9.99 Å². The zero-order valence-electron chi connectivity index (χ0n) is 19.5. The zero-order valence-corrected chi connectivity index (χ0v) is 20.4. The number of nitrogens with one attached hydrogen (secondary N) is 1. The summed E-state index contributed by atoms with van der Waals surface area (Å²) in [6.07, 6.45) is 1.54. The van der Waals surface area contributed by atoms with E-state index in [2.05, 4.69) is 15.4 Å². The number of amides is 2. The predicted molar refractivity (Wildman–Crippen MR) is 132 cm³/mol. The Balaban J connectivity index is 1.53. The van der Waals surface area contributed by atoms with Crippen LogP contribution in [-0.4, -0.2) is 48.3 Å². The molecule has 0 unspecified atom stereocenters. The fourth-order valence-electron chi connectivity index (χ4n) is 3.82. The Bertz CT molecular complexity index is 1270. The van der Waals surface area contributed by atoms with Crippen LogP contribution in [0.2, 0.25) is 0 Å². The molecule has 1 aromatic heterocycles. The Hall–Kier alpha value is -3.72. The van der Waals surface area contributed by atoms with Crippen molar-refractivity contribution < 1.29 is 19.1 Å². The standard InChI is InChI=1S/C25H26N4O4S/c1-15-23(34-16(2)26-15)24(30)27-19-8-5-7-18(13-19)25(31)29-12-6-9-20(28-29)17-10-11-21(32-3)22(14-17)33-4/h5,7-8,10-11,13-14H,6,9,12H2,1-4H3,(H,27,30). The molecule has 0 saturated heterocycles. The van der Waals surface area contributed by atoms with Gasteiger partial charge in [-0.15, -0.1) is 11.3 Å². The van der Waals surface area contributed by atoms with Crippen molar-refractivity contribution in [1.29, 1.82) is 0 Å². The number of benzene rings is 2. The second-order valence-electron chi connectivity index (χ2n) is 7.83. The predicted octanol–water partition coefficient (Wildman–Crippen LogP) is 4.67. The first kappa shape index (κ1) is 23.4. The average Bonchev–Trinajstić information content (AvgIpc) is 3.21. The summed E-state index contributed by atoms with van der Waals surface area (Å²) in [6.45, 7) is 4.19. The van der Waals surface area contributed by atoms with Gasteiger partial charge in [0.1, 0.15) is 4.88 Å². The third-order valence-electron chi connectivity index (χ3n) is 5.45. The number of hydrogen-bond donors (Lipinski definition) is 1. The number of hydrazone groups is 1. The molecule has 0 fully saturated rings. The molecule has 3 aromatic rings. The van der Waals surface area contributed by atoms with Crippen molar-refractivity contribution in [2.24, 2.45) is 5.10 Å². The molecular weight excluding hydrogens is 452 g/mol. The molecule has 2 amide bonds. The molecule has 176 valence electrons. The first-order valence-corrected chi connectivity index (χ1v) is 11.7. The maximum atomic E-state index is 13.2. The number of rotatable bonds is 6. The van der Waals surface area contributed by atoms with Crippen molar-refractivity contribution in [3.05, 3.63) is 69.2 Å². The van der Waals surface area contributed by atoms with Gasteiger partial charge in [-0.25, -0.2) is 9.99 Å². The molecule has 0 aliphatic carbocycles. The highest BCUT2D eigenvalue weighted by Gasteiger charge is 2.22. The molecule has 8 nitrogen and oxygen atoms in total. The summed E-state index contributed by atoms with van der Waals surface area (Å²) in [5.41, 5.74) is 3.37. The molecule has 4 rings (SSSR count). The van der Waals surface area contributed by atoms with Crippen molar-refractivity contribution in [2.45, 2.75) is 26.7 Å². The van der Waals surface area contributed by atoms with Crippen LogP contribution in [0.5, 0.6) is 11.5 Å². The molecule has 1 N–H and O–H groups in total. The number of nitrogens with zero attached hydrogens (tertiary/aromatic N) is 3. The Morgan fingerprint density at radius 1 is 1.06 bits per heavy atom. The normalized spacial score (nSPS) is 13.3. The summed E-state index contributed by atoms with van der Waals surface area (Å²) in [5.74, 6) is 0.789. The van der Waals surface area contributed by atoms with Crippen LogP contribution in [0.3, 0.4) is 0 Å². The Kier molecular flexibility index (Phi) is 6.93. The van der Waals surface area contributed by atoms with E-state index in [9.17, 15) is 9.59 Å². The third-order valence-corrected chi connectivity index (χ3v) is 6.52. The quantitative estimate of drug-likeness (QED) is 0.556. The van der Waals surface area contributed by atoms with Gasteiger partial charge in [-0.05, 0) is 63.1 Å². The van der Waals surface area contributed by atoms with Crippen LogP contribution >= 0.6 is 11.3 Å². The number of carbonyl (C=O) groups excluding carboxylic acids is 2. The number of anilines is 1. The smallest absolute Gasteiger partial charge is 0.274 e. The maximum absolute atomic E-state index is 13.2. The fraction of sp³-hybridized carbons (Fsp3) is 0.280. The van der Waals surface area contributed by atoms with Gasteiger partial charge in [-0.2, -0.15) is 5.10 Å². The van der Waals surface area contributed by atoms with Gasteiger partial charge in [-0.1, -0.05) is 6.07 Å². The van der Waals surface area contributed by atoms with Gasteiger partial charge in [0.2, 0.25) is 0 Å². The summed E-state index contributed by atoms with van der Waals surface area (Å²) in [5, 5.41) is 9.80. The SMILES string of the molecule is COc1ccc(C2=NN(C(=O)c3cccc(NC(=O)c4sc(C)nc4C)c3)CCC2)cc1OC. The number of aromatic nitrogens is 1. The zero-order chi connectivity index (χ0) is 24.2. The molecule has 34 heavy (non-hydrogen) atoms. The van der Waals surface area contributed by atoms with E-state index < -0.39 is 0 Å². The molecule has 0 radical (unpaired) electrons. The lowest BCUT2D eigenvalue weighted by Crippen LogP contribution is -2.32. The minimum Gasteiger partial charge on any atom is -0.493 e. The van der Waals surface area contributed by atoms with E-state index >= 15 is 0 Å². The highest BCUT2D eigenvalue weighted by molar-refractivity contribution is 7.13. The Labute approximate surface area is 202 Å². The Morgan fingerprint density at radius 2 is 1.85 bits per heavy atom. The van der Waals surface area contributed by atoms with Crippen LogP contribution in [0.1, 0.15) is 49.1 Å². The maximum Gasteiger partial charge on any atom is 0.274 e. The molecule has 0 bridgehead atoms. The van der Waals surface area contributed by atoms with Gasteiger partial charge in [-0.3, -0.25) is 9.59 Å². The van der Waals surface area contributed by atoms with Crippen molar-refractivity contribution >= 4 is 34.6 Å². The molecule has 2 heterocycles. The summed E-state index contributed by atoms with van der Waals surface area (Å²) in [6, 6.07) is 12.5. The van der Waals surface area contributed by atoms with Crippen LogP contribution in [0.25, 0.3) is 0 Å². The van der Waals surface area contributed by atoms with Crippen LogP contribution in [0, 0.1) is 13.8 Å². The minimum absolute atomic E-state index is 0.224. The monoisotopic (exact) mass is 478 g/mol. The van der Waals surface area contributed by atoms with Crippen LogP contribution in [0.4, 0.5) is 5.69 Å². The van der Waals surface area contributed by atoms with Crippen LogP contribution in [0.15, 0.2) is 47.6 Å². The van der Waals surface area contributed by atoms with E-state index in [0.717, 1.165) is 29.1 Å². The van der Waals surface area contributed by atoms with Gasteiger partial charge >= 0.3 is 0 Å².